The summed E-state index contributed by atoms with van der Waals surface area (Å²) >= 11 is 1.65. The second-order valence-corrected chi connectivity index (χ2v) is 5.68. The number of rotatable bonds is 2. The lowest BCUT2D eigenvalue weighted by Crippen LogP contribution is -2.35. The zero-order valence-corrected chi connectivity index (χ0v) is 11.4. The molecule has 0 radical (unpaired) electrons. The highest BCUT2D eigenvalue weighted by atomic mass is 32.2. The van der Waals surface area contributed by atoms with Crippen LogP contribution < -0.4 is 10.5 Å². The minimum absolute atomic E-state index is 0.264. The van der Waals surface area contributed by atoms with E-state index in [1.807, 2.05) is 24.3 Å². The van der Waals surface area contributed by atoms with Gasteiger partial charge in [-0.2, -0.15) is 0 Å². The Kier molecular flexibility index (Phi) is 3.63. The Morgan fingerprint density at radius 2 is 1.95 bits per heavy atom. The van der Waals surface area contributed by atoms with Crippen molar-refractivity contribution < 1.29 is 13.5 Å². The highest BCUT2D eigenvalue weighted by Gasteiger charge is 2.27. The lowest BCUT2D eigenvalue weighted by Gasteiger charge is -2.30. The molecule has 0 aromatic heterocycles. The van der Waals surface area contributed by atoms with Crippen molar-refractivity contribution in [3.63, 3.8) is 0 Å². The molecule has 1 heterocycles. The van der Waals surface area contributed by atoms with E-state index in [0.29, 0.717) is 11.3 Å². The van der Waals surface area contributed by atoms with E-state index in [4.69, 9.17) is 10.5 Å². The van der Waals surface area contributed by atoms with E-state index in [-0.39, 0.29) is 6.10 Å². The average molecular weight is 293 g/mol. The summed E-state index contributed by atoms with van der Waals surface area (Å²) in [5, 5.41) is 0. The van der Waals surface area contributed by atoms with Crippen molar-refractivity contribution >= 4 is 11.8 Å². The minimum atomic E-state index is -0.887. The number of nitrogens with two attached hydrogens (primary N) is 1. The summed E-state index contributed by atoms with van der Waals surface area (Å²) in [6, 6.07) is 10.9. The van der Waals surface area contributed by atoms with Crippen LogP contribution >= 0.6 is 11.8 Å². The summed E-state index contributed by atoms with van der Waals surface area (Å²) < 4.78 is 32.1. The molecule has 2 nitrogen and oxygen atoms in total. The molecule has 0 saturated carbocycles. The first-order chi connectivity index (χ1) is 9.65. The summed E-state index contributed by atoms with van der Waals surface area (Å²) in [7, 11) is 0. The lowest BCUT2D eigenvalue weighted by molar-refractivity contribution is 0.185. The summed E-state index contributed by atoms with van der Waals surface area (Å²) in [6.07, 6.45) is -0.264. The van der Waals surface area contributed by atoms with Crippen LogP contribution in [-0.4, -0.2) is 11.9 Å². The van der Waals surface area contributed by atoms with E-state index < -0.39 is 17.7 Å². The number of hydrogen-bond donors (Lipinski definition) is 1. The predicted molar refractivity (Wildman–Crippen MR) is 74.9 cm³/mol. The molecule has 0 aliphatic carbocycles. The maximum absolute atomic E-state index is 13.3. The Balaban J connectivity index is 1.82. The number of hydrogen-bond acceptors (Lipinski definition) is 3. The fraction of sp³-hybridized carbons (Fsp3) is 0.200. The van der Waals surface area contributed by atoms with E-state index in [2.05, 4.69) is 0 Å². The molecule has 3 rings (SSSR count). The molecule has 0 amide bonds. The first kappa shape index (κ1) is 13.4. The Bertz CT molecular complexity index is 635. The number of benzene rings is 2. The molecule has 20 heavy (non-hydrogen) atoms. The number of fused-ring (bicyclic) bond motifs is 1. The van der Waals surface area contributed by atoms with Crippen molar-refractivity contribution in [2.75, 3.05) is 5.75 Å². The molecule has 1 aliphatic heterocycles. The maximum atomic E-state index is 13.3. The molecular weight excluding hydrogens is 280 g/mol. The number of para-hydroxylation sites is 1. The summed E-state index contributed by atoms with van der Waals surface area (Å²) in [6.45, 7) is 0. The fourth-order valence-corrected chi connectivity index (χ4v) is 3.20. The van der Waals surface area contributed by atoms with Crippen molar-refractivity contribution in [2.24, 2.45) is 5.73 Å². The van der Waals surface area contributed by atoms with Gasteiger partial charge in [-0.25, -0.2) is 8.78 Å². The van der Waals surface area contributed by atoms with Crippen LogP contribution in [0.3, 0.4) is 0 Å². The molecule has 0 spiro atoms. The first-order valence-corrected chi connectivity index (χ1v) is 7.23. The van der Waals surface area contributed by atoms with Crippen LogP contribution in [-0.2, 0) is 0 Å². The molecule has 0 fully saturated rings. The molecular formula is C15H13F2NOS. The largest absolute Gasteiger partial charge is 0.486 e. The minimum Gasteiger partial charge on any atom is -0.486 e. The molecule has 2 atom stereocenters. The average Bonchev–Trinajstić information content (AvgIpc) is 2.49. The van der Waals surface area contributed by atoms with Gasteiger partial charge in [-0.05, 0) is 29.8 Å². The molecule has 2 aromatic rings. The Labute approximate surface area is 119 Å². The van der Waals surface area contributed by atoms with Gasteiger partial charge < -0.3 is 10.5 Å². The number of halogens is 2. The zero-order chi connectivity index (χ0) is 14.1. The van der Waals surface area contributed by atoms with E-state index >= 15 is 0 Å². The van der Waals surface area contributed by atoms with Crippen molar-refractivity contribution in [1.29, 1.82) is 0 Å². The third kappa shape index (κ3) is 2.51. The van der Waals surface area contributed by atoms with Gasteiger partial charge in [0.15, 0.2) is 11.6 Å². The third-order valence-corrected chi connectivity index (χ3v) is 4.40. The second-order valence-electron chi connectivity index (χ2n) is 4.61. The predicted octanol–water partition coefficient (Wildman–Crippen LogP) is 3.52. The van der Waals surface area contributed by atoms with E-state index in [1.165, 1.54) is 6.07 Å². The highest BCUT2D eigenvalue weighted by molar-refractivity contribution is 7.99. The van der Waals surface area contributed by atoms with E-state index in [1.54, 1.807) is 11.8 Å². The van der Waals surface area contributed by atoms with Crippen LogP contribution in [0.25, 0.3) is 0 Å². The standard InChI is InChI=1S/C15H13F2NOS/c16-10-6-5-9(7-11(10)17)15(18)13-8-20-14-4-2-1-3-12(14)19-13/h1-7,13,15H,8,18H2. The van der Waals surface area contributed by atoms with Gasteiger partial charge in [0, 0.05) is 10.6 Å². The van der Waals surface area contributed by atoms with Crippen molar-refractivity contribution in [2.45, 2.75) is 17.0 Å². The Morgan fingerprint density at radius 1 is 1.15 bits per heavy atom. The summed E-state index contributed by atoms with van der Waals surface area (Å²) in [5.41, 5.74) is 6.65. The van der Waals surface area contributed by atoms with Gasteiger partial charge in [0.25, 0.3) is 0 Å². The molecule has 104 valence electrons. The third-order valence-electron chi connectivity index (χ3n) is 3.26. The van der Waals surface area contributed by atoms with Crippen LogP contribution in [0.1, 0.15) is 11.6 Å². The van der Waals surface area contributed by atoms with Gasteiger partial charge in [0.05, 0.1) is 6.04 Å². The van der Waals surface area contributed by atoms with Gasteiger partial charge in [0.2, 0.25) is 0 Å². The van der Waals surface area contributed by atoms with Gasteiger partial charge >= 0.3 is 0 Å². The van der Waals surface area contributed by atoms with Gasteiger partial charge in [-0.3, -0.25) is 0 Å². The van der Waals surface area contributed by atoms with Crippen LogP contribution in [0.2, 0.25) is 0 Å². The van der Waals surface area contributed by atoms with Gasteiger partial charge in [0.1, 0.15) is 11.9 Å². The van der Waals surface area contributed by atoms with Crippen molar-refractivity contribution in [3.05, 3.63) is 59.7 Å². The quantitative estimate of drug-likeness (QED) is 0.920. The van der Waals surface area contributed by atoms with E-state index in [0.717, 1.165) is 22.8 Å². The monoisotopic (exact) mass is 293 g/mol. The van der Waals surface area contributed by atoms with Crippen LogP contribution in [0.4, 0.5) is 8.78 Å². The van der Waals surface area contributed by atoms with Crippen molar-refractivity contribution in [3.8, 4) is 5.75 Å². The SMILES string of the molecule is NC(c1ccc(F)c(F)c1)C1CSc2ccccc2O1. The molecule has 2 unspecified atom stereocenters. The van der Waals surface area contributed by atoms with Crippen molar-refractivity contribution in [1.82, 2.24) is 0 Å². The second kappa shape index (κ2) is 5.42. The molecule has 1 aliphatic rings. The molecule has 2 aromatic carbocycles. The smallest absolute Gasteiger partial charge is 0.159 e. The van der Waals surface area contributed by atoms with Crippen LogP contribution in [0, 0.1) is 11.6 Å². The molecule has 5 heteroatoms. The first-order valence-electron chi connectivity index (χ1n) is 6.24. The summed E-state index contributed by atoms with van der Waals surface area (Å²) in [4.78, 5) is 1.07. The molecule has 0 bridgehead atoms. The number of thioether (sulfide) groups is 1. The molecule has 2 N–H and O–H groups in total. The molecule has 0 saturated heterocycles. The Hall–Kier alpha value is -1.59. The maximum Gasteiger partial charge on any atom is 0.159 e. The highest BCUT2D eigenvalue weighted by Crippen LogP contribution is 2.37. The zero-order valence-electron chi connectivity index (χ0n) is 10.6. The Morgan fingerprint density at radius 3 is 2.75 bits per heavy atom. The number of ether oxygens (including phenoxy) is 1. The summed E-state index contributed by atoms with van der Waals surface area (Å²) in [5.74, 6) is -0.296. The normalized spacial score (nSPS) is 19.1. The lowest BCUT2D eigenvalue weighted by atomic mass is 10.0. The van der Waals surface area contributed by atoms with Gasteiger partial charge in [-0.15, -0.1) is 11.8 Å². The van der Waals surface area contributed by atoms with Gasteiger partial charge in [-0.1, -0.05) is 18.2 Å². The fourth-order valence-electron chi connectivity index (χ4n) is 2.15. The van der Waals surface area contributed by atoms with E-state index in [9.17, 15) is 8.78 Å². The topological polar surface area (TPSA) is 35.2 Å². The van der Waals surface area contributed by atoms with Crippen LogP contribution in [0.15, 0.2) is 47.4 Å². The van der Waals surface area contributed by atoms with Crippen LogP contribution in [0.5, 0.6) is 5.75 Å².